The molecule has 1 amide bonds. The van der Waals surface area contributed by atoms with Crippen LogP contribution in [0.2, 0.25) is 0 Å². The summed E-state index contributed by atoms with van der Waals surface area (Å²) in [6.45, 7) is 5.17. The first-order valence-electron chi connectivity index (χ1n) is 7.24. The van der Waals surface area contributed by atoms with E-state index in [4.69, 9.17) is 9.84 Å². The van der Waals surface area contributed by atoms with E-state index in [0.29, 0.717) is 18.2 Å². The van der Waals surface area contributed by atoms with Crippen molar-refractivity contribution in [2.45, 2.75) is 39.0 Å². The van der Waals surface area contributed by atoms with Gasteiger partial charge in [-0.25, -0.2) is 0 Å². The molecule has 4 nitrogen and oxygen atoms in total. The van der Waals surface area contributed by atoms with Crippen molar-refractivity contribution in [1.82, 2.24) is 5.32 Å². The summed E-state index contributed by atoms with van der Waals surface area (Å²) < 4.78 is 5.43. The van der Waals surface area contributed by atoms with E-state index in [1.807, 2.05) is 24.3 Å². The minimum absolute atomic E-state index is 0.0427. The van der Waals surface area contributed by atoms with Crippen LogP contribution in [0.3, 0.4) is 0 Å². The molecule has 1 aromatic rings. The van der Waals surface area contributed by atoms with Crippen molar-refractivity contribution in [3.63, 3.8) is 0 Å². The summed E-state index contributed by atoms with van der Waals surface area (Å²) in [5, 5.41) is 11.4. The lowest BCUT2D eigenvalue weighted by Crippen LogP contribution is -2.29. The first kappa shape index (κ1) is 16.5. The maximum absolute atomic E-state index is 11.5. The van der Waals surface area contributed by atoms with E-state index in [-0.39, 0.29) is 19.1 Å². The van der Waals surface area contributed by atoms with Gasteiger partial charge in [0, 0.05) is 13.2 Å². The SMILES string of the molecule is CC(C)c1ccc(OCC(=O)NCCCCCO)cc1. The fourth-order valence-electron chi connectivity index (χ4n) is 1.79. The van der Waals surface area contributed by atoms with Gasteiger partial charge >= 0.3 is 0 Å². The molecule has 0 bridgehead atoms. The Morgan fingerprint density at radius 3 is 2.50 bits per heavy atom. The van der Waals surface area contributed by atoms with Crippen molar-refractivity contribution in [1.29, 1.82) is 0 Å². The van der Waals surface area contributed by atoms with Crippen LogP contribution in [0, 0.1) is 0 Å². The number of amides is 1. The zero-order chi connectivity index (χ0) is 14.8. The molecular weight excluding hydrogens is 254 g/mol. The lowest BCUT2D eigenvalue weighted by molar-refractivity contribution is -0.123. The molecule has 112 valence electrons. The highest BCUT2D eigenvalue weighted by atomic mass is 16.5. The number of carbonyl (C=O) groups excluding carboxylic acids is 1. The van der Waals surface area contributed by atoms with E-state index in [1.165, 1.54) is 5.56 Å². The summed E-state index contributed by atoms with van der Waals surface area (Å²) in [7, 11) is 0. The molecule has 0 radical (unpaired) electrons. The van der Waals surface area contributed by atoms with Gasteiger partial charge in [0.05, 0.1) is 0 Å². The van der Waals surface area contributed by atoms with Crippen LogP contribution in [0.4, 0.5) is 0 Å². The van der Waals surface area contributed by atoms with Gasteiger partial charge < -0.3 is 15.2 Å². The average Bonchev–Trinajstić information content (AvgIpc) is 2.45. The third-order valence-corrected chi connectivity index (χ3v) is 3.07. The molecule has 0 unspecified atom stereocenters. The maximum Gasteiger partial charge on any atom is 0.257 e. The number of unbranched alkanes of at least 4 members (excludes halogenated alkanes) is 2. The Labute approximate surface area is 121 Å². The van der Waals surface area contributed by atoms with Gasteiger partial charge in [-0.05, 0) is 42.9 Å². The maximum atomic E-state index is 11.5. The summed E-state index contributed by atoms with van der Waals surface area (Å²) in [5.41, 5.74) is 1.26. The number of carbonyl (C=O) groups is 1. The topological polar surface area (TPSA) is 58.6 Å². The summed E-state index contributed by atoms with van der Waals surface area (Å²) >= 11 is 0. The molecule has 0 aliphatic heterocycles. The molecule has 0 aliphatic carbocycles. The summed E-state index contributed by atoms with van der Waals surface area (Å²) in [6, 6.07) is 7.83. The molecule has 1 rings (SSSR count). The van der Waals surface area contributed by atoms with Crippen LogP contribution in [0.15, 0.2) is 24.3 Å². The fraction of sp³-hybridized carbons (Fsp3) is 0.562. The molecule has 0 spiro atoms. The number of aliphatic hydroxyl groups excluding tert-OH is 1. The lowest BCUT2D eigenvalue weighted by atomic mass is 10.0. The first-order chi connectivity index (χ1) is 9.63. The van der Waals surface area contributed by atoms with Gasteiger partial charge in [-0.2, -0.15) is 0 Å². The molecule has 2 N–H and O–H groups in total. The Morgan fingerprint density at radius 2 is 1.90 bits per heavy atom. The number of aliphatic hydroxyl groups is 1. The highest BCUT2D eigenvalue weighted by Crippen LogP contribution is 2.18. The Bertz CT molecular complexity index is 387. The Hall–Kier alpha value is -1.55. The van der Waals surface area contributed by atoms with Crippen LogP contribution < -0.4 is 10.1 Å². The van der Waals surface area contributed by atoms with Gasteiger partial charge in [0.2, 0.25) is 0 Å². The van der Waals surface area contributed by atoms with Gasteiger partial charge in [-0.1, -0.05) is 26.0 Å². The Balaban J connectivity index is 2.20. The monoisotopic (exact) mass is 279 g/mol. The van der Waals surface area contributed by atoms with Crippen LogP contribution in [0.1, 0.15) is 44.6 Å². The number of hydrogen-bond acceptors (Lipinski definition) is 3. The largest absolute Gasteiger partial charge is 0.484 e. The van der Waals surface area contributed by atoms with Gasteiger partial charge in [0.25, 0.3) is 5.91 Å². The molecule has 0 aliphatic rings. The number of rotatable bonds is 9. The molecule has 1 aromatic carbocycles. The van der Waals surface area contributed by atoms with Crippen molar-refractivity contribution in [2.24, 2.45) is 0 Å². The molecule has 0 saturated heterocycles. The highest BCUT2D eigenvalue weighted by molar-refractivity contribution is 5.77. The number of nitrogens with one attached hydrogen (secondary N) is 1. The second-order valence-electron chi connectivity index (χ2n) is 5.15. The minimum Gasteiger partial charge on any atom is -0.484 e. The van der Waals surface area contributed by atoms with E-state index in [9.17, 15) is 4.79 Å². The van der Waals surface area contributed by atoms with Crippen molar-refractivity contribution in [2.75, 3.05) is 19.8 Å². The van der Waals surface area contributed by atoms with E-state index >= 15 is 0 Å². The predicted octanol–water partition coefficient (Wildman–Crippen LogP) is 2.47. The number of hydrogen-bond donors (Lipinski definition) is 2. The standard InChI is InChI=1S/C16H25NO3/c1-13(2)14-6-8-15(9-7-14)20-12-16(19)17-10-4-3-5-11-18/h6-9,13,18H,3-5,10-12H2,1-2H3,(H,17,19). The van der Waals surface area contributed by atoms with Gasteiger partial charge in [-0.15, -0.1) is 0 Å². The zero-order valence-electron chi connectivity index (χ0n) is 12.4. The smallest absolute Gasteiger partial charge is 0.257 e. The lowest BCUT2D eigenvalue weighted by Gasteiger charge is -2.09. The summed E-state index contributed by atoms with van der Waals surface area (Å²) in [4.78, 5) is 11.5. The van der Waals surface area contributed by atoms with Crippen LogP contribution in [0.25, 0.3) is 0 Å². The third-order valence-electron chi connectivity index (χ3n) is 3.07. The van der Waals surface area contributed by atoms with Gasteiger partial charge in [0.15, 0.2) is 6.61 Å². The van der Waals surface area contributed by atoms with Crippen molar-refractivity contribution < 1.29 is 14.6 Å². The average molecular weight is 279 g/mol. The van der Waals surface area contributed by atoms with Crippen LogP contribution >= 0.6 is 0 Å². The van der Waals surface area contributed by atoms with Crippen LogP contribution in [-0.2, 0) is 4.79 Å². The second kappa shape index (κ2) is 9.37. The zero-order valence-corrected chi connectivity index (χ0v) is 12.4. The third kappa shape index (κ3) is 6.57. The Kier molecular flexibility index (Phi) is 7.73. The second-order valence-corrected chi connectivity index (χ2v) is 5.15. The van der Waals surface area contributed by atoms with Crippen molar-refractivity contribution in [3.05, 3.63) is 29.8 Å². The quantitative estimate of drug-likeness (QED) is 0.683. The van der Waals surface area contributed by atoms with Crippen molar-refractivity contribution >= 4 is 5.91 Å². The molecular formula is C16H25NO3. The van der Waals surface area contributed by atoms with E-state index < -0.39 is 0 Å². The molecule has 4 heteroatoms. The van der Waals surface area contributed by atoms with E-state index in [2.05, 4.69) is 19.2 Å². The van der Waals surface area contributed by atoms with Crippen LogP contribution in [0.5, 0.6) is 5.75 Å². The van der Waals surface area contributed by atoms with Crippen LogP contribution in [-0.4, -0.2) is 30.8 Å². The Morgan fingerprint density at radius 1 is 1.20 bits per heavy atom. The van der Waals surface area contributed by atoms with E-state index in [1.54, 1.807) is 0 Å². The number of ether oxygens (including phenoxy) is 1. The number of benzene rings is 1. The van der Waals surface area contributed by atoms with E-state index in [0.717, 1.165) is 19.3 Å². The minimum atomic E-state index is -0.109. The molecule has 0 fully saturated rings. The first-order valence-corrected chi connectivity index (χ1v) is 7.24. The molecule has 0 atom stereocenters. The fourth-order valence-corrected chi connectivity index (χ4v) is 1.79. The van der Waals surface area contributed by atoms with Gasteiger partial charge in [0.1, 0.15) is 5.75 Å². The summed E-state index contributed by atoms with van der Waals surface area (Å²) in [6.07, 6.45) is 2.60. The predicted molar refractivity (Wildman–Crippen MR) is 80.0 cm³/mol. The van der Waals surface area contributed by atoms with Gasteiger partial charge in [-0.3, -0.25) is 4.79 Å². The normalized spacial score (nSPS) is 10.6. The highest BCUT2D eigenvalue weighted by Gasteiger charge is 2.03. The molecule has 0 heterocycles. The molecule has 20 heavy (non-hydrogen) atoms. The molecule has 0 saturated carbocycles. The molecule has 0 aromatic heterocycles. The van der Waals surface area contributed by atoms with Crippen molar-refractivity contribution in [3.8, 4) is 5.75 Å². The summed E-state index contributed by atoms with van der Waals surface area (Å²) in [5.74, 6) is 1.10.